The molecule has 0 saturated carbocycles. The number of nitriles is 1. The number of benzene rings is 3. The minimum Gasteiger partial charge on any atom is -0.490 e. The highest BCUT2D eigenvalue weighted by Crippen LogP contribution is 2.37. The van der Waals surface area contributed by atoms with Gasteiger partial charge in [-0.25, -0.2) is 0 Å². The van der Waals surface area contributed by atoms with Gasteiger partial charge in [0.2, 0.25) is 6.79 Å². The van der Waals surface area contributed by atoms with Gasteiger partial charge in [0.05, 0.1) is 6.61 Å². The van der Waals surface area contributed by atoms with Crippen LogP contribution >= 0.6 is 27.5 Å². The molecule has 0 radical (unpaired) electrons. The third-order valence-corrected chi connectivity index (χ3v) is 6.38. The summed E-state index contributed by atoms with van der Waals surface area (Å²) in [4.78, 5) is 12.7. The van der Waals surface area contributed by atoms with Gasteiger partial charge in [0.25, 0.3) is 5.91 Å². The normalized spacial score (nSPS) is 12.1. The van der Waals surface area contributed by atoms with Crippen molar-refractivity contribution in [2.24, 2.45) is 0 Å². The topological polar surface area (TPSA) is 89.8 Å². The Morgan fingerprint density at radius 2 is 1.92 bits per heavy atom. The summed E-state index contributed by atoms with van der Waals surface area (Å²) in [5, 5.41) is 12.9. The van der Waals surface area contributed by atoms with Gasteiger partial charge in [0.15, 0.2) is 23.0 Å². The maximum Gasteiger partial charge on any atom is 0.266 e. The summed E-state index contributed by atoms with van der Waals surface area (Å²) >= 11 is 9.65. The van der Waals surface area contributed by atoms with Crippen LogP contribution in [0.2, 0.25) is 5.02 Å². The van der Waals surface area contributed by atoms with Gasteiger partial charge in [-0.3, -0.25) is 4.79 Å². The van der Waals surface area contributed by atoms with E-state index in [1.807, 2.05) is 38.1 Å². The fourth-order valence-corrected chi connectivity index (χ4v) is 4.02. The number of nitrogens with zero attached hydrogens (tertiary/aromatic N) is 1. The van der Waals surface area contributed by atoms with Crippen molar-refractivity contribution < 1.29 is 23.7 Å². The van der Waals surface area contributed by atoms with E-state index in [1.165, 1.54) is 6.08 Å². The van der Waals surface area contributed by atoms with E-state index in [-0.39, 0.29) is 19.0 Å². The molecule has 0 spiro atoms. The number of carbonyl (C=O) groups excluding carboxylic acids is 1. The van der Waals surface area contributed by atoms with Gasteiger partial charge in [-0.2, -0.15) is 5.26 Å². The Labute approximate surface area is 222 Å². The van der Waals surface area contributed by atoms with Crippen molar-refractivity contribution in [3.63, 3.8) is 0 Å². The Hall–Kier alpha value is -3.67. The Balaban J connectivity index is 1.54. The number of carbonyl (C=O) groups is 1. The molecular weight excluding hydrogens is 548 g/mol. The zero-order valence-corrected chi connectivity index (χ0v) is 21.9. The second-order valence-electron chi connectivity index (χ2n) is 7.82. The first-order valence-electron chi connectivity index (χ1n) is 11.0. The molecule has 1 amide bonds. The van der Waals surface area contributed by atoms with Crippen molar-refractivity contribution in [2.75, 3.05) is 18.7 Å². The van der Waals surface area contributed by atoms with Crippen LogP contribution in [0.15, 0.2) is 58.6 Å². The number of anilines is 1. The molecule has 1 N–H and O–H groups in total. The average molecular weight is 570 g/mol. The molecule has 0 saturated heterocycles. The first-order chi connectivity index (χ1) is 17.4. The number of ether oxygens (including phenoxy) is 4. The fourth-order valence-electron chi connectivity index (χ4n) is 3.41. The van der Waals surface area contributed by atoms with Crippen molar-refractivity contribution in [1.29, 1.82) is 5.26 Å². The minimum atomic E-state index is -0.551. The Morgan fingerprint density at radius 3 is 2.67 bits per heavy atom. The van der Waals surface area contributed by atoms with Crippen LogP contribution in [0.5, 0.6) is 23.0 Å². The van der Waals surface area contributed by atoms with Crippen LogP contribution in [0.4, 0.5) is 5.69 Å². The minimum absolute atomic E-state index is 0.0797. The van der Waals surface area contributed by atoms with Gasteiger partial charge in [0, 0.05) is 15.2 Å². The molecular formula is C27H22BrClN2O5. The lowest BCUT2D eigenvalue weighted by molar-refractivity contribution is -0.112. The van der Waals surface area contributed by atoms with E-state index in [1.54, 1.807) is 30.3 Å². The summed E-state index contributed by atoms with van der Waals surface area (Å²) in [7, 11) is 0. The van der Waals surface area contributed by atoms with Crippen molar-refractivity contribution in [3.05, 3.63) is 80.3 Å². The zero-order valence-electron chi connectivity index (χ0n) is 19.6. The molecule has 3 aromatic rings. The van der Waals surface area contributed by atoms with Crippen LogP contribution in [0.25, 0.3) is 6.08 Å². The molecule has 9 heteroatoms. The summed E-state index contributed by atoms with van der Waals surface area (Å²) in [5.41, 5.74) is 2.80. The van der Waals surface area contributed by atoms with E-state index >= 15 is 0 Å². The summed E-state index contributed by atoms with van der Waals surface area (Å²) in [6.45, 7) is 4.62. The number of aryl methyl sites for hydroxylation is 1. The Bertz CT molecular complexity index is 1380. The van der Waals surface area contributed by atoms with Gasteiger partial charge >= 0.3 is 0 Å². The van der Waals surface area contributed by atoms with Crippen LogP contribution in [-0.2, 0) is 11.4 Å². The number of hydrogen-bond donors (Lipinski definition) is 1. The van der Waals surface area contributed by atoms with Crippen LogP contribution in [0, 0.1) is 18.3 Å². The van der Waals surface area contributed by atoms with E-state index in [2.05, 4.69) is 21.2 Å². The van der Waals surface area contributed by atoms with E-state index in [0.717, 1.165) is 11.1 Å². The second kappa shape index (κ2) is 11.4. The largest absolute Gasteiger partial charge is 0.490 e. The number of rotatable bonds is 8. The monoisotopic (exact) mass is 568 g/mol. The Kier molecular flexibility index (Phi) is 8.04. The van der Waals surface area contributed by atoms with Crippen LogP contribution < -0.4 is 24.3 Å². The second-order valence-corrected chi connectivity index (χ2v) is 9.08. The number of hydrogen-bond acceptors (Lipinski definition) is 6. The van der Waals surface area contributed by atoms with E-state index in [9.17, 15) is 10.1 Å². The molecule has 1 aliphatic rings. The molecule has 0 unspecified atom stereocenters. The third kappa shape index (κ3) is 5.93. The molecule has 0 aromatic heterocycles. The molecule has 3 aromatic carbocycles. The molecule has 0 bridgehead atoms. The van der Waals surface area contributed by atoms with Crippen LogP contribution in [0.1, 0.15) is 23.6 Å². The number of halogens is 2. The zero-order chi connectivity index (χ0) is 25.7. The van der Waals surface area contributed by atoms with Gasteiger partial charge in [-0.1, -0.05) is 39.7 Å². The molecule has 4 rings (SSSR count). The number of amides is 1. The van der Waals surface area contributed by atoms with Gasteiger partial charge in [0.1, 0.15) is 18.2 Å². The van der Waals surface area contributed by atoms with Crippen molar-refractivity contribution >= 4 is 45.2 Å². The quantitative estimate of drug-likeness (QED) is 0.241. The summed E-state index contributed by atoms with van der Waals surface area (Å²) in [5.74, 6) is 1.82. The highest BCUT2D eigenvalue weighted by Gasteiger charge is 2.16. The summed E-state index contributed by atoms with van der Waals surface area (Å²) in [6, 6.07) is 16.2. The first kappa shape index (κ1) is 25.4. The standard InChI is InChI=1S/C27H22BrClN2O5/c1-3-33-25-10-18(9-19(13-30)27(32)31-20-6-4-16(2)22(29)11-20)21(28)12-26(25)34-14-17-5-7-23-24(8-17)36-15-35-23/h4-12H,3,14-15H2,1-2H3,(H,31,32)/b19-9-. The van der Waals surface area contributed by atoms with Gasteiger partial charge in [-0.05, 0) is 73.0 Å². The highest BCUT2D eigenvalue weighted by atomic mass is 79.9. The van der Waals surface area contributed by atoms with Crippen LogP contribution in [0.3, 0.4) is 0 Å². The maximum absolute atomic E-state index is 12.7. The van der Waals surface area contributed by atoms with Crippen molar-refractivity contribution in [2.45, 2.75) is 20.5 Å². The summed E-state index contributed by atoms with van der Waals surface area (Å²) in [6.07, 6.45) is 1.49. The highest BCUT2D eigenvalue weighted by molar-refractivity contribution is 9.10. The predicted molar refractivity (Wildman–Crippen MR) is 141 cm³/mol. The van der Waals surface area contributed by atoms with Gasteiger partial charge < -0.3 is 24.3 Å². The maximum atomic E-state index is 12.7. The van der Waals surface area contributed by atoms with E-state index < -0.39 is 5.91 Å². The first-order valence-corrected chi connectivity index (χ1v) is 12.2. The summed E-state index contributed by atoms with van der Waals surface area (Å²) < 4.78 is 23.2. The Morgan fingerprint density at radius 1 is 1.14 bits per heavy atom. The lowest BCUT2D eigenvalue weighted by Crippen LogP contribution is -2.13. The van der Waals surface area contributed by atoms with Crippen LogP contribution in [-0.4, -0.2) is 19.3 Å². The number of nitrogens with one attached hydrogen (secondary N) is 1. The van der Waals surface area contributed by atoms with Crippen molar-refractivity contribution in [3.8, 4) is 29.1 Å². The molecule has 0 aliphatic carbocycles. The molecule has 0 atom stereocenters. The average Bonchev–Trinajstić information content (AvgIpc) is 3.33. The molecule has 36 heavy (non-hydrogen) atoms. The lowest BCUT2D eigenvalue weighted by Gasteiger charge is -2.14. The fraction of sp³-hybridized carbons (Fsp3) is 0.185. The van der Waals surface area contributed by atoms with Gasteiger partial charge in [-0.15, -0.1) is 0 Å². The molecule has 184 valence electrons. The lowest BCUT2D eigenvalue weighted by atomic mass is 10.1. The van der Waals surface area contributed by atoms with E-state index in [4.69, 9.17) is 30.5 Å². The number of fused-ring (bicyclic) bond motifs is 1. The molecule has 0 fully saturated rings. The SMILES string of the molecule is CCOc1cc(/C=C(/C#N)C(=O)Nc2ccc(C)c(Cl)c2)c(Br)cc1OCc1ccc2c(c1)OCO2. The van der Waals surface area contributed by atoms with Crippen molar-refractivity contribution in [1.82, 2.24) is 0 Å². The molecule has 7 nitrogen and oxygen atoms in total. The predicted octanol–water partition coefficient (Wildman–Crippen LogP) is 6.66. The van der Waals surface area contributed by atoms with E-state index in [0.29, 0.717) is 50.4 Å². The smallest absolute Gasteiger partial charge is 0.266 e. The molecule has 1 aliphatic heterocycles. The molecule has 1 heterocycles. The third-order valence-electron chi connectivity index (χ3n) is 5.29.